The van der Waals surface area contributed by atoms with Gasteiger partial charge in [-0.15, -0.1) is 0 Å². The molecule has 0 spiro atoms. The van der Waals surface area contributed by atoms with E-state index in [9.17, 15) is 44.4 Å². The second kappa shape index (κ2) is 37.3. The Labute approximate surface area is 519 Å². The number of esters is 1. The van der Waals surface area contributed by atoms with Gasteiger partial charge < -0.3 is 63.8 Å². The van der Waals surface area contributed by atoms with Crippen LogP contribution < -0.4 is 5.32 Å². The number of cyclic esters (lactones) is 1. The Bertz CT molecular complexity index is 2320. The average Bonchev–Trinajstić information content (AvgIpc) is 1.10. The number of Topliss-reactive ketones (excluding diaryl/α,β-unsaturated/α-hetero) is 2. The summed E-state index contributed by atoms with van der Waals surface area (Å²) in [6, 6.07) is -1.14. The first-order valence-electron chi connectivity index (χ1n) is 32.5. The van der Waals surface area contributed by atoms with E-state index >= 15 is 0 Å². The van der Waals surface area contributed by atoms with E-state index in [1.807, 2.05) is 58.9 Å². The minimum Gasteiger partial charge on any atom is -0.460 e. The number of nitrogens with one attached hydrogen (secondary N) is 1. The molecule has 3 saturated heterocycles. The minimum atomic E-state index is -2.44. The molecule has 494 valence electrons. The van der Waals surface area contributed by atoms with Gasteiger partial charge in [-0.1, -0.05) is 78.0 Å². The van der Waals surface area contributed by atoms with Crippen molar-refractivity contribution in [2.45, 2.75) is 219 Å². The highest BCUT2D eigenvalue weighted by atomic mass is 16.6. The van der Waals surface area contributed by atoms with E-state index < -0.39 is 84.1 Å². The van der Waals surface area contributed by atoms with Crippen LogP contribution in [0, 0.1) is 41.4 Å². The smallest absolute Gasteiger partial charge is 0.329 e. The van der Waals surface area contributed by atoms with E-state index in [1.54, 1.807) is 34.1 Å². The number of methoxy groups -OCH3 is 3. The van der Waals surface area contributed by atoms with Gasteiger partial charge in [0.2, 0.25) is 11.7 Å². The predicted octanol–water partition coefficient (Wildman–Crippen LogP) is 7.03. The Morgan fingerprint density at radius 3 is 2.26 bits per heavy atom. The van der Waals surface area contributed by atoms with Gasteiger partial charge in [-0.3, -0.25) is 29.1 Å². The number of allylic oxidation sites excluding steroid dienone is 5. The fourth-order valence-corrected chi connectivity index (χ4v) is 13.3. The number of ketones is 2. The lowest BCUT2D eigenvalue weighted by Crippen LogP contribution is -2.61. The Kier molecular flexibility index (Phi) is 31.6. The maximum absolute atomic E-state index is 14.7. The molecule has 0 unspecified atom stereocenters. The number of carbonyl (C=O) groups excluding carboxylic acids is 5. The third kappa shape index (κ3) is 22.7. The number of piperidine rings is 2. The number of rotatable bonds is 19. The van der Waals surface area contributed by atoms with Crippen LogP contribution in [0.4, 0.5) is 0 Å². The zero-order valence-electron chi connectivity index (χ0n) is 54.4. The van der Waals surface area contributed by atoms with Crippen molar-refractivity contribution in [1.82, 2.24) is 15.1 Å². The van der Waals surface area contributed by atoms with Crippen LogP contribution >= 0.6 is 0 Å². The summed E-state index contributed by atoms with van der Waals surface area (Å²) in [6.07, 6.45) is 14.0. The topological polar surface area (TPSA) is 262 Å². The molecular weight excluding hydrogens is 1120 g/mol. The van der Waals surface area contributed by atoms with Crippen molar-refractivity contribution < 1.29 is 77.6 Å². The first-order valence-corrected chi connectivity index (χ1v) is 32.5. The van der Waals surface area contributed by atoms with Crippen molar-refractivity contribution in [2.75, 3.05) is 80.6 Å². The summed E-state index contributed by atoms with van der Waals surface area (Å²) in [5.41, 5.74) is 1.93. The van der Waals surface area contributed by atoms with Crippen LogP contribution in [0.5, 0.6) is 0 Å². The van der Waals surface area contributed by atoms with Crippen LogP contribution in [0.25, 0.3) is 0 Å². The summed E-state index contributed by atoms with van der Waals surface area (Å²) in [5, 5.41) is 50.0. The Balaban J connectivity index is 1.40. The average molecular weight is 1230 g/mol. The Hall–Kier alpha value is -4.06. The Morgan fingerprint density at radius 2 is 1.56 bits per heavy atom. The molecule has 4 heterocycles. The highest BCUT2D eigenvalue weighted by Gasteiger charge is 2.53. The molecule has 1 saturated carbocycles. The largest absolute Gasteiger partial charge is 0.460 e. The Morgan fingerprint density at radius 1 is 0.816 bits per heavy atom. The second-order valence-electron chi connectivity index (χ2n) is 25.9. The molecular formula is C67H110N4O16. The zero-order valence-corrected chi connectivity index (χ0v) is 54.4. The highest BCUT2D eigenvalue weighted by Crippen LogP contribution is 2.38. The standard InChI is InChI=1S/C67H110N4O16/c1-12-31-84-32-27-68-60(75)40-70-29-25-50(26-30-70)36-52(72)41-85-42-69-61-47(6)33-43(2)18-14-13-15-19-44(3)57(81-9)38-53-23-21-49(8)67(80,87-53)64(77)65(78)71-28-17-16-20-54(71)66(79)86-58(46(5)35-51-22-24-55(73)59(37-51)82-10)39-56(74)45(4)34-48(7)62(76)63(61)83-11/h13-15,18-19,34,43,45-47,49-51,53-59,62-63,73-74,76,80H,12,16-17,20-33,35-42H2,1-11H3,(H,68,75)/b15-13+,18-14+,44-19+,48-34+,69-61?/t43-,45-,46-,47-,49-,51+,53+,54+,55-,56-,57+,58+,59-,62-,63+,67-/m1/s1. The molecule has 5 N–H and O–H groups in total. The number of aliphatic hydroxyl groups is 4. The van der Waals surface area contributed by atoms with Crippen molar-refractivity contribution in [3.05, 3.63) is 47.6 Å². The van der Waals surface area contributed by atoms with E-state index in [0.717, 1.165) is 44.3 Å². The summed E-state index contributed by atoms with van der Waals surface area (Å²) in [4.78, 5) is 77.5. The van der Waals surface area contributed by atoms with Crippen molar-refractivity contribution in [2.24, 2.45) is 46.4 Å². The van der Waals surface area contributed by atoms with Gasteiger partial charge in [0, 0.05) is 77.8 Å². The number of ether oxygens (including phenoxy) is 7. The first kappa shape index (κ1) is 73.7. The quantitative estimate of drug-likeness (QED) is 0.0376. The molecule has 4 aliphatic heterocycles. The maximum Gasteiger partial charge on any atom is 0.329 e. The summed E-state index contributed by atoms with van der Waals surface area (Å²) >= 11 is 0. The van der Waals surface area contributed by atoms with Crippen molar-refractivity contribution in [3.8, 4) is 0 Å². The zero-order chi connectivity index (χ0) is 63.8. The van der Waals surface area contributed by atoms with Gasteiger partial charge in [0.1, 0.15) is 37.7 Å². The maximum atomic E-state index is 14.7. The van der Waals surface area contributed by atoms with E-state index in [4.69, 9.17) is 38.2 Å². The van der Waals surface area contributed by atoms with Gasteiger partial charge in [0.15, 0.2) is 5.78 Å². The van der Waals surface area contributed by atoms with Crippen molar-refractivity contribution in [3.63, 3.8) is 0 Å². The van der Waals surface area contributed by atoms with Crippen LogP contribution in [0.1, 0.15) is 158 Å². The van der Waals surface area contributed by atoms with Gasteiger partial charge >= 0.3 is 5.97 Å². The van der Waals surface area contributed by atoms with Crippen LogP contribution in [-0.4, -0.2) is 207 Å². The van der Waals surface area contributed by atoms with Crippen molar-refractivity contribution in [1.29, 1.82) is 0 Å². The molecule has 5 rings (SSSR count). The third-order valence-corrected chi connectivity index (χ3v) is 18.8. The molecule has 0 aromatic heterocycles. The summed E-state index contributed by atoms with van der Waals surface area (Å²) < 4.78 is 41.7. The van der Waals surface area contributed by atoms with Gasteiger partial charge in [-0.05, 0) is 151 Å². The molecule has 87 heavy (non-hydrogen) atoms. The number of aliphatic imine (C=N–C) groups is 1. The molecule has 2 amide bonds. The van der Waals surface area contributed by atoms with Gasteiger partial charge in [-0.25, -0.2) is 4.79 Å². The van der Waals surface area contributed by atoms with E-state index in [1.165, 1.54) is 12.0 Å². The number of hydrogen-bond acceptors (Lipinski definition) is 18. The second-order valence-corrected chi connectivity index (χ2v) is 25.9. The molecule has 0 aromatic carbocycles. The molecule has 4 fully saturated rings. The van der Waals surface area contributed by atoms with E-state index in [2.05, 4.69) is 23.2 Å². The number of nitrogens with zero attached hydrogens (tertiary/aromatic N) is 3. The lowest BCUT2D eigenvalue weighted by atomic mass is 9.78. The lowest BCUT2D eigenvalue weighted by Gasteiger charge is -2.43. The fourth-order valence-electron chi connectivity index (χ4n) is 13.3. The van der Waals surface area contributed by atoms with Gasteiger partial charge in [0.05, 0.1) is 43.7 Å². The van der Waals surface area contributed by atoms with E-state index in [-0.39, 0.29) is 80.1 Å². The monoisotopic (exact) mass is 1230 g/mol. The van der Waals surface area contributed by atoms with Gasteiger partial charge in [-0.2, -0.15) is 0 Å². The summed E-state index contributed by atoms with van der Waals surface area (Å²) in [6.45, 7) is 18.5. The van der Waals surface area contributed by atoms with Crippen LogP contribution in [0.2, 0.25) is 0 Å². The number of likely N-dealkylation sites (tertiary alicyclic amines) is 1. The summed E-state index contributed by atoms with van der Waals surface area (Å²) in [7, 11) is 4.68. The molecule has 0 aromatic rings. The molecule has 2 bridgehead atoms. The molecule has 1 aliphatic carbocycles. The predicted molar refractivity (Wildman–Crippen MR) is 332 cm³/mol. The van der Waals surface area contributed by atoms with Crippen LogP contribution in [-0.2, 0) is 57.1 Å². The number of amides is 2. The highest BCUT2D eigenvalue weighted by molar-refractivity contribution is 6.39. The first-order chi connectivity index (χ1) is 41.5. The van der Waals surface area contributed by atoms with Crippen molar-refractivity contribution >= 4 is 35.1 Å². The SMILES string of the molecule is CCCOCCNC(=O)CN1CCC(CC(=O)COCN=C2[C@H](C)C[C@H](C)/C=C/C=C/C=C(\C)[C@@H](OC)C[C@@H]3CC[C@@H](C)[C@@](O)(O3)C(=O)C(=O)N3CCCC[C@H]3C(=O)O[C@H]([C@H](C)C[C@@H]3CC[C@@H](O)[C@H](OC)C3)C[C@@H](O)[C@H](C)/C=C(\C)[C@@H](O)[C@H]2OC)CC1. The van der Waals surface area contributed by atoms with Crippen LogP contribution in [0.15, 0.2) is 52.6 Å². The van der Waals surface area contributed by atoms with E-state index in [0.29, 0.717) is 102 Å². The summed E-state index contributed by atoms with van der Waals surface area (Å²) in [5.74, 6) is -6.87. The number of carbonyl (C=O) groups is 5. The van der Waals surface area contributed by atoms with Gasteiger partial charge in [0.25, 0.3) is 11.7 Å². The molecule has 0 radical (unpaired) electrons. The minimum absolute atomic E-state index is 0.00203. The lowest BCUT2D eigenvalue weighted by molar-refractivity contribution is -0.265. The number of fused-ring (bicyclic) bond motifs is 3. The molecule has 20 heteroatoms. The molecule has 20 nitrogen and oxygen atoms in total. The number of hydrogen-bond donors (Lipinski definition) is 5. The normalized spacial score (nSPS) is 35.9. The van der Waals surface area contributed by atoms with Crippen LogP contribution in [0.3, 0.4) is 0 Å². The molecule has 16 atom stereocenters. The fraction of sp³-hybridized carbons (Fsp3) is 0.791. The third-order valence-electron chi connectivity index (χ3n) is 18.8. The number of aliphatic hydroxyl groups excluding tert-OH is 3. The molecule has 5 aliphatic rings.